The number of aromatic nitrogens is 1. The molecule has 2 N–H and O–H groups in total. The van der Waals surface area contributed by atoms with Crippen LogP contribution in [0.1, 0.15) is 13.3 Å². The molecule has 0 spiro atoms. The summed E-state index contributed by atoms with van der Waals surface area (Å²) >= 11 is 0. The normalized spacial score (nSPS) is 17.3. The highest BCUT2D eigenvalue weighted by atomic mass is 16.5. The monoisotopic (exact) mass is 257 g/mol. The van der Waals surface area contributed by atoms with Crippen LogP contribution >= 0.6 is 0 Å². The number of ether oxygens (including phenoxy) is 1. The van der Waals surface area contributed by atoms with Crippen LogP contribution < -0.4 is 15.4 Å². The molecule has 0 radical (unpaired) electrons. The van der Waals surface area contributed by atoms with Gasteiger partial charge in [0.1, 0.15) is 11.6 Å². The number of fused-ring (bicyclic) bond motifs is 1. The number of rotatable bonds is 3. The lowest BCUT2D eigenvalue weighted by molar-refractivity contribution is 0.321. The molecule has 0 aliphatic carbocycles. The molecular weight excluding hydrogens is 238 g/mol. The molecule has 3 rings (SSSR count). The van der Waals surface area contributed by atoms with E-state index in [9.17, 15) is 0 Å². The zero-order valence-electron chi connectivity index (χ0n) is 11.4. The molecule has 1 aromatic carbocycles. The molecule has 1 aliphatic rings. The quantitative estimate of drug-likeness (QED) is 0.915. The van der Waals surface area contributed by atoms with E-state index in [0.717, 1.165) is 41.9 Å². The highest BCUT2D eigenvalue weighted by molar-refractivity contribution is 5.93. The number of benzene rings is 1. The molecular formula is C15H19N3O. The van der Waals surface area contributed by atoms with E-state index in [1.807, 2.05) is 24.4 Å². The van der Waals surface area contributed by atoms with Gasteiger partial charge in [-0.15, -0.1) is 0 Å². The van der Waals surface area contributed by atoms with Crippen molar-refractivity contribution in [3.8, 4) is 5.75 Å². The van der Waals surface area contributed by atoms with Crippen LogP contribution in [-0.4, -0.2) is 30.7 Å². The van der Waals surface area contributed by atoms with Gasteiger partial charge in [0, 0.05) is 24.7 Å². The van der Waals surface area contributed by atoms with Crippen molar-refractivity contribution in [2.45, 2.75) is 18.9 Å². The Morgan fingerprint density at radius 3 is 2.84 bits per heavy atom. The van der Waals surface area contributed by atoms with Crippen molar-refractivity contribution in [3.05, 3.63) is 30.5 Å². The van der Waals surface area contributed by atoms with Crippen molar-refractivity contribution >= 4 is 16.6 Å². The lowest BCUT2D eigenvalue weighted by atomic mass is 9.88. The maximum atomic E-state index is 6.23. The zero-order chi connectivity index (χ0) is 13.5. The van der Waals surface area contributed by atoms with Gasteiger partial charge in [0.25, 0.3) is 0 Å². The van der Waals surface area contributed by atoms with E-state index >= 15 is 0 Å². The van der Waals surface area contributed by atoms with Gasteiger partial charge in [-0.2, -0.15) is 0 Å². The Morgan fingerprint density at radius 1 is 1.37 bits per heavy atom. The van der Waals surface area contributed by atoms with Crippen molar-refractivity contribution in [1.29, 1.82) is 0 Å². The highest BCUT2D eigenvalue weighted by Gasteiger charge is 2.38. The van der Waals surface area contributed by atoms with Crippen molar-refractivity contribution < 1.29 is 4.74 Å². The topological polar surface area (TPSA) is 51.4 Å². The molecule has 1 aromatic heterocycles. The minimum atomic E-state index is -0.0453. The fourth-order valence-corrected chi connectivity index (χ4v) is 2.61. The molecule has 0 bridgehead atoms. The fraction of sp³-hybridized carbons (Fsp3) is 0.400. The number of methoxy groups -OCH3 is 1. The average molecular weight is 257 g/mol. The molecule has 0 saturated carbocycles. The Balaban J connectivity index is 1.97. The number of hydrogen-bond acceptors (Lipinski definition) is 4. The minimum absolute atomic E-state index is 0.0453. The summed E-state index contributed by atoms with van der Waals surface area (Å²) in [6.45, 7) is 3.89. The van der Waals surface area contributed by atoms with Crippen LogP contribution in [0.3, 0.4) is 0 Å². The van der Waals surface area contributed by atoms with E-state index in [1.165, 1.54) is 0 Å². The lowest BCUT2D eigenvalue weighted by Gasteiger charge is -2.48. The predicted octanol–water partition coefficient (Wildman–Crippen LogP) is 2.17. The maximum Gasteiger partial charge on any atom is 0.136 e. The molecule has 1 fully saturated rings. The van der Waals surface area contributed by atoms with Crippen molar-refractivity contribution in [2.75, 3.05) is 25.1 Å². The molecule has 19 heavy (non-hydrogen) atoms. The van der Waals surface area contributed by atoms with E-state index in [-0.39, 0.29) is 5.54 Å². The standard InChI is InChI=1S/C15H19N3O/c1-3-15(16)9-18(10-15)14-13-5-4-12(19-2)8-11(13)6-7-17-14/h4-8H,3,9-10,16H2,1-2H3. The molecule has 4 heteroatoms. The Morgan fingerprint density at radius 2 is 2.16 bits per heavy atom. The fourth-order valence-electron chi connectivity index (χ4n) is 2.61. The molecule has 2 heterocycles. The average Bonchev–Trinajstić information content (AvgIpc) is 2.42. The predicted molar refractivity (Wildman–Crippen MR) is 77.7 cm³/mol. The first-order valence-corrected chi connectivity index (χ1v) is 6.62. The number of pyridine rings is 1. The third-order valence-corrected chi connectivity index (χ3v) is 3.97. The molecule has 0 amide bonds. The van der Waals surface area contributed by atoms with Crippen LogP contribution in [-0.2, 0) is 0 Å². The first kappa shape index (κ1) is 12.2. The summed E-state index contributed by atoms with van der Waals surface area (Å²) < 4.78 is 5.26. The summed E-state index contributed by atoms with van der Waals surface area (Å²) in [6.07, 6.45) is 2.85. The summed E-state index contributed by atoms with van der Waals surface area (Å²) in [5.41, 5.74) is 6.18. The van der Waals surface area contributed by atoms with Gasteiger partial charge in [-0.05, 0) is 36.1 Å². The Bertz CT molecular complexity index is 605. The summed E-state index contributed by atoms with van der Waals surface area (Å²) in [5, 5.41) is 2.30. The van der Waals surface area contributed by atoms with Crippen LogP contribution in [0.5, 0.6) is 5.75 Å². The summed E-state index contributed by atoms with van der Waals surface area (Å²) in [7, 11) is 1.68. The van der Waals surface area contributed by atoms with Gasteiger partial charge in [0.05, 0.1) is 12.6 Å². The molecule has 0 unspecified atom stereocenters. The summed E-state index contributed by atoms with van der Waals surface area (Å²) in [5.74, 6) is 1.89. The van der Waals surface area contributed by atoms with Gasteiger partial charge in [-0.3, -0.25) is 0 Å². The Hall–Kier alpha value is -1.81. The van der Waals surface area contributed by atoms with Crippen LogP contribution in [0.2, 0.25) is 0 Å². The summed E-state index contributed by atoms with van der Waals surface area (Å²) in [4.78, 5) is 6.76. The summed E-state index contributed by atoms with van der Waals surface area (Å²) in [6, 6.07) is 8.09. The lowest BCUT2D eigenvalue weighted by Crippen LogP contribution is -2.67. The van der Waals surface area contributed by atoms with Gasteiger partial charge in [0.2, 0.25) is 0 Å². The SMILES string of the molecule is CCC1(N)CN(c2nccc3cc(OC)ccc23)C1. The molecule has 0 atom stereocenters. The van der Waals surface area contributed by atoms with Gasteiger partial charge in [-0.1, -0.05) is 6.92 Å². The van der Waals surface area contributed by atoms with E-state index in [0.29, 0.717) is 0 Å². The zero-order valence-corrected chi connectivity index (χ0v) is 11.4. The highest BCUT2D eigenvalue weighted by Crippen LogP contribution is 2.33. The molecule has 2 aromatic rings. The smallest absolute Gasteiger partial charge is 0.136 e. The van der Waals surface area contributed by atoms with Crippen molar-refractivity contribution in [2.24, 2.45) is 5.73 Å². The van der Waals surface area contributed by atoms with Gasteiger partial charge in [0.15, 0.2) is 0 Å². The van der Waals surface area contributed by atoms with E-state index in [2.05, 4.69) is 22.9 Å². The van der Waals surface area contributed by atoms with Crippen LogP contribution in [0.15, 0.2) is 30.5 Å². The second-order valence-corrected chi connectivity index (χ2v) is 5.29. The largest absolute Gasteiger partial charge is 0.497 e. The second-order valence-electron chi connectivity index (χ2n) is 5.29. The molecule has 100 valence electrons. The van der Waals surface area contributed by atoms with Crippen LogP contribution in [0.4, 0.5) is 5.82 Å². The number of nitrogens with two attached hydrogens (primary N) is 1. The number of anilines is 1. The van der Waals surface area contributed by atoms with Gasteiger partial charge < -0.3 is 15.4 Å². The first-order valence-electron chi connectivity index (χ1n) is 6.62. The maximum absolute atomic E-state index is 6.23. The second kappa shape index (κ2) is 4.38. The van der Waals surface area contributed by atoms with Crippen molar-refractivity contribution in [1.82, 2.24) is 4.98 Å². The minimum Gasteiger partial charge on any atom is -0.497 e. The van der Waals surface area contributed by atoms with Crippen molar-refractivity contribution in [3.63, 3.8) is 0 Å². The van der Waals surface area contributed by atoms with E-state index in [4.69, 9.17) is 10.5 Å². The number of hydrogen-bond donors (Lipinski definition) is 1. The van der Waals surface area contributed by atoms with Crippen LogP contribution in [0, 0.1) is 0 Å². The van der Waals surface area contributed by atoms with Gasteiger partial charge >= 0.3 is 0 Å². The third-order valence-electron chi connectivity index (χ3n) is 3.97. The molecule has 1 aliphatic heterocycles. The van der Waals surface area contributed by atoms with Gasteiger partial charge in [-0.25, -0.2) is 4.98 Å². The molecule has 1 saturated heterocycles. The third kappa shape index (κ3) is 2.02. The van der Waals surface area contributed by atoms with E-state index in [1.54, 1.807) is 7.11 Å². The Kier molecular flexibility index (Phi) is 2.82. The molecule has 4 nitrogen and oxygen atoms in total. The number of nitrogens with zero attached hydrogens (tertiary/aromatic N) is 2. The van der Waals surface area contributed by atoms with E-state index < -0.39 is 0 Å². The van der Waals surface area contributed by atoms with Crippen LogP contribution in [0.25, 0.3) is 10.8 Å². The Labute approximate surface area is 113 Å². The first-order chi connectivity index (χ1) is 9.15.